The number of hydrogen-bond donors (Lipinski definition) is 1. The molecule has 1 heterocycles. The average molecular weight is 430 g/mol. The van der Waals surface area contributed by atoms with E-state index in [1.807, 2.05) is 24.3 Å². The van der Waals surface area contributed by atoms with Gasteiger partial charge in [0.1, 0.15) is 0 Å². The lowest BCUT2D eigenvalue weighted by atomic mass is 10.1. The largest absolute Gasteiger partial charge is 0.378 e. The lowest BCUT2D eigenvalue weighted by Crippen LogP contribution is -2.06. The molecule has 0 saturated heterocycles. The molecule has 0 aliphatic rings. The van der Waals surface area contributed by atoms with E-state index < -0.39 is 0 Å². The second kappa shape index (κ2) is 6.14. The molecule has 0 spiro atoms. The van der Waals surface area contributed by atoms with Crippen LogP contribution in [0.25, 0.3) is 0 Å². The monoisotopic (exact) mass is 427 g/mol. The minimum Gasteiger partial charge on any atom is -0.378 e. The summed E-state index contributed by atoms with van der Waals surface area (Å²) in [6.45, 7) is 2.05. The number of thiophene rings is 1. The molecule has 0 bridgehead atoms. The SMILES string of the molecule is CC(Nc1ccc(Br)cc1Br)c1cc(Cl)sc1Cl. The number of benzene rings is 1. The molecule has 1 aromatic heterocycles. The summed E-state index contributed by atoms with van der Waals surface area (Å²) in [5.74, 6) is 0. The Morgan fingerprint density at radius 1 is 1.22 bits per heavy atom. The van der Waals surface area contributed by atoms with Gasteiger partial charge in [-0.2, -0.15) is 0 Å². The third-order valence-corrected chi connectivity index (χ3v) is 5.12. The van der Waals surface area contributed by atoms with Crippen molar-refractivity contribution >= 4 is 72.1 Å². The van der Waals surface area contributed by atoms with Crippen molar-refractivity contribution in [2.75, 3.05) is 5.32 Å². The van der Waals surface area contributed by atoms with Gasteiger partial charge in [-0.3, -0.25) is 0 Å². The van der Waals surface area contributed by atoms with Crippen LogP contribution in [-0.4, -0.2) is 0 Å². The van der Waals surface area contributed by atoms with Gasteiger partial charge in [0.15, 0.2) is 0 Å². The zero-order chi connectivity index (χ0) is 13.3. The van der Waals surface area contributed by atoms with E-state index >= 15 is 0 Å². The van der Waals surface area contributed by atoms with Crippen molar-refractivity contribution in [1.29, 1.82) is 0 Å². The first kappa shape index (κ1) is 14.7. The van der Waals surface area contributed by atoms with Gasteiger partial charge in [0.2, 0.25) is 0 Å². The molecule has 0 aliphatic heterocycles. The van der Waals surface area contributed by atoms with E-state index in [1.165, 1.54) is 11.3 Å². The van der Waals surface area contributed by atoms with Crippen molar-refractivity contribution in [3.05, 3.63) is 47.4 Å². The fourth-order valence-corrected chi connectivity index (χ4v) is 4.37. The molecular weight excluding hydrogens is 421 g/mol. The van der Waals surface area contributed by atoms with Gasteiger partial charge in [-0.25, -0.2) is 0 Å². The first-order chi connectivity index (χ1) is 8.47. The quantitative estimate of drug-likeness (QED) is 0.568. The zero-order valence-corrected chi connectivity index (χ0v) is 14.8. The highest BCUT2D eigenvalue weighted by molar-refractivity contribution is 9.11. The summed E-state index contributed by atoms with van der Waals surface area (Å²) in [6, 6.07) is 7.99. The molecule has 1 aromatic carbocycles. The minimum atomic E-state index is 0.0960. The number of nitrogens with one attached hydrogen (secondary N) is 1. The van der Waals surface area contributed by atoms with Crippen LogP contribution in [0.2, 0.25) is 8.67 Å². The van der Waals surface area contributed by atoms with Gasteiger partial charge in [0, 0.05) is 20.2 Å². The first-order valence-electron chi connectivity index (χ1n) is 5.13. The molecule has 0 saturated carbocycles. The molecule has 1 unspecified atom stereocenters. The minimum absolute atomic E-state index is 0.0960. The molecule has 2 rings (SSSR count). The van der Waals surface area contributed by atoms with Gasteiger partial charge in [-0.1, -0.05) is 39.1 Å². The van der Waals surface area contributed by atoms with Crippen LogP contribution < -0.4 is 5.32 Å². The molecule has 0 fully saturated rings. The second-order valence-corrected chi connectivity index (χ2v) is 7.83. The molecule has 96 valence electrons. The van der Waals surface area contributed by atoms with E-state index in [9.17, 15) is 0 Å². The Balaban J connectivity index is 2.21. The molecule has 6 heteroatoms. The van der Waals surface area contributed by atoms with E-state index in [0.717, 1.165) is 24.5 Å². The number of hydrogen-bond acceptors (Lipinski definition) is 2. The fraction of sp³-hybridized carbons (Fsp3) is 0.167. The fourth-order valence-electron chi connectivity index (χ4n) is 1.57. The first-order valence-corrected chi connectivity index (χ1v) is 8.29. The maximum Gasteiger partial charge on any atom is 0.0996 e. The summed E-state index contributed by atoms with van der Waals surface area (Å²) in [6.07, 6.45) is 0. The van der Waals surface area contributed by atoms with E-state index in [4.69, 9.17) is 23.2 Å². The van der Waals surface area contributed by atoms with Crippen molar-refractivity contribution < 1.29 is 0 Å². The Morgan fingerprint density at radius 2 is 1.94 bits per heavy atom. The summed E-state index contributed by atoms with van der Waals surface area (Å²) in [5.41, 5.74) is 2.03. The maximum atomic E-state index is 6.15. The van der Waals surface area contributed by atoms with Crippen molar-refractivity contribution in [3.8, 4) is 0 Å². The van der Waals surface area contributed by atoms with Crippen molar-refractivity contribution in [2.24, 2.45) is 0 Å². The topological polar surface area (TPSA) is 12.0 Å². The van der Waals surface area contributed by atoms with Crippen molar-refractivity contribution in [1.82, 2.24) is 0 Å². The van der Waals surface area contributed by atoms with Gasteiger partial charge in [0.25, 0.3) is 0 Å². The molecule has 0 amide bonds. The predicted octanol–water partition coefficient (Wildman–Crippen LogP) is 6.75. The predicted molar refractivity (Wildman–Crippen MR) is 88.2 cm³/mol. The number of anilines is 1. The van der Waals surface area contributed by atoms with Gasteiger partial charge < -0.3 is 5.32 Å². The van der Waals surface area contributed by atoms with E-state index in [0.29, 0.717) is 4.34 Å². The van der Waals surface area contributed by atoms with Crippen LogP contribution in [0, 0.1) is 0 Å². The van der Waals surface area contributed by atoms with Gasteiger partial charge in [-0.05, 0) is 47.1 Å². The van der Waals surface area contributed by atoms with E-state index in [2.05, 4.69) is 44.1 Å². The standard InChI is InChI=1S/C12H9Br2Cl2NS/c1-6(8-5-11(15)18-12(8)16)17-10-3-2-7(13)4-9(10)14/h2-6,17H,1H3. The molecule has 0 aliphatic carbocycles. The molecule has 0 radical (unpaired) electrons. The van der Waals surface area contributed by atoms with Crippen LogP contribution in [0.4, 0.5) is 5.69 Å². The molecule has 18 heavy (non-hydrogen) atoms. The summed E-state index contributed by atoms with van der Waals surface area (Å²) < 4.78 is 3.47. The highest BCUT2D eigenvalue weighted by Gasteiger charge is 2.14. The highest BCUT2D eigenvalue weighted by atomic mass is 79.9. The Morgan fingerprint density at radius 3 is 2.50 bits per heavy atom. The smallest absolute Gasteiger partial charge is 0.0996 e. The van der Waals surface area contributed by atoms with Crippen molar-refractivity contribution in [3.63, 3.8) is 0 Å². The van der Waals surface area contributed by atoms with E-state index in [-0.39, 0.29) is 6.04 Å². The summed E-state index contributed by atoms with van der Waals surface area (Å²) in [7, 11) is 0. The number of halogens is 4. The average Bonchev–Trinajstić information content (AvgIpc) is 2.62. The lowest BCUT2D eigenvalue weighted by molar-refractivity contribution is 0.889. The maximum absolute atomic E-state index is 6.15. The Bertz CT molecular complexity index is 571. The molecule has 1 nitrogen and oxygen atoms in total. The molecular formula is C12H9Br2Cl2NS. The lowest BCUT2D eigenvalue weighted by Gasteiger charge is -2.16. The second-order valence-electron chi connectivity index (χ2n) is 3.77. The summed E-state index contributed by atoms with van der Waals surface area (Å²) in [5, 5.41) is 3.40. The Labute approximate surface area is 137 Å². The number of rotatable bonds is 3. The van der Waals surface area contributed by atoms with Crippen LogP contribution in [-0.2, 0) is 0 Å². The molecule has 1 N–H and O–H groups in total. The van der Waals surface area contributed by atoms with Crippen LogP contribution in [0.3, 0.4) is 0 Å². The van der Waals surface area contributed by atoms with Crippen LogP contribution in [0.1, 0.15) is 18.5 Å². The Hall–Kier alpha value is 0.260. The zero-order valence-electron chi connectivity index (χ0n) is 9.31. The summed E-state index contributed by atoms with van der Waals surface area (Å²) >= 11 is 20.4. The molecule has 2 aromatic rings. The third kappa shape index (κ3) is 3.42. The van der Waals surface area contributed by atoms with Gasteiger partial charge in [-0.15, -0.1) is 11.3 Å². The van der Waals surface area contributed by atoms with Crippen LogP contribution >= 0.6 is 66.4 Å². The van der Waals surface area contributed by atoms with Gasteiger partial charge >= 0.3 is 0 Å². The molecule has 1 atom stereocenters. The third-order valence-electron chi connectivity index (χ3n) is 2.45. The highest BCUT2D eigenvalue weighted by Crippen LogP contribution is 2.37. The Kier molecular flexibility index (Phi) is 5.00. The normalized spacial score (nSPS) is 12.5. The summed E-state index contributed by atoms with van der Waals surface area (Å²) in [4.78, 5) is 0. The van der Waals surface area contributed by atoms with Crippen LogP contribution in [0.15, 0.2) is 33.2 Å². The van der Waals surface area contributed by atoms with Crippen LogP contribution in [0.5, 0.6) is 0 Å². The van der Waals surface area contributed by atoms with Gasteiger partial charge in [0.05, 0.1) is 14.7 Å². The van der Waals surface area contributed by atoms with E-state index in [1.54, 1.807) is 0 Å². The van der Waals surface area contributed by atoms with Crippen molar-refractivity contribution in [2.45, 2.75) is 13.0 Å².